The van der Waals surface area contributed by atoms with Crippen LogP contribution in [0.5, 0.6) is 0 Å². The van der Waals surface area contributed by atoms with E-state index < -0.39 is 17.7 Å². The highest BCUT2D eigenvalue weighted by molar-refractivity contribution is 6.27. The van der Waals surface area contributed by atoms with E-state index in [4.69, 9.17) is 16.3 Å². The van der Waals surface area contributed by atoms with Gasteiger partial charge in [0.1, 0.15) is 17.5 Å². The van der Waals surface area contributed by atoms with Crippen LogP contribution in [0, 0.1) is 5.92 Å². The standard InChI is InChI=1S/C17H28ClN3O4/c1-17(2,3)25-16(24)21-11-12(10-19-14(22)9-18)8-13(21)15(23)20-6-4-5-7-20/h12-13H,4-11H2,1-3H3,(H,19,22)/t12?,13-/m0/s1. The third-order valence-electron chi connectivity index (χ3n) is 4.43. The van der Waals surface area contributed by atoms with Crippen molar-refractivity contribution in [3.8, 4) is 0 Å². The lowest BCUT2D eigenvalue weighted by atomic mass is 10.0. The van der Waals surface area contributed by atoms with E-state index in [1.807, 2.05) is 4.90 Å². The van der Waals surface area contributed by atoms with Crippen molar-refractivity contribution < 1.29 is 19.1 Å². The molecule has 0 bridgehead atoms. The molecule has 8 heteroatoms. The van der Waals surface area contributed by atoms with Crippen LogP contribution in [0.25, 0.3) is 0 Å². The number of carbonyl (C=O) groups excluding carboxylic acids is 3. The number of rotatable bonds is 4. The molecule has 3 amide bonds. The van der Waals surface area contributed by atoms with E-state index in [-0.39, 0.29) is 23.6 Å². The third kappa shape index (κ3) is 5.49. The molecule has 0 aromatic rings. The van der Waals surface area contributed by atoms with E-state index >= 15 is 0 Å². The van der Waals surface area contributed by atoms with Crippen molar-refractivity contribution in [1.82, 2.24) is 15.1 Å². The molecular weight excluding hydrogens is 346 g/mol. The lowest BCUT2D eigenvalue weighted by molar-refractivity contribution is -0.134. The molecular formula is C17H28ClN3O4. The lowest BCUT2D eigenvalue weighted by Crippen LogP contribution is -2.48. The first kappa shape index (κ1) is 19.8. The summed E-state index contributed by atoms with van der Waals surface area (Å²) in [5.74, 6) is -0.357. The van der Waals surface area contributed by atoms with Crippen molar-refractivity contribution in [3.63, 3.8) is 0 Å². The first-order chi connectivity index (χ1) is 11.7. The maximum atomic E-state index is 12.8. The zero-order valence-corrected chi connectivity index (χ0v) is 16.0. The van der Waals surface area contributed by atoms with Crippen molar-refractivity contribution in [2.45, 2.75) is 51.7 Å². The van der Waals surface area contributed by atoms with E-state index in [2.05, 4.69) is 5.32 Å². The Bertz CT molecular complexity index is 515. The summed E-state index contributed by atoms with van der Waals surface area (Å²) in [7, 11) is 0. The van der Waals surface area contributed by atoms with Gasteiger partial charge in [0.2, 0.25) is 11.8 Å². The second-order valence-corrected chi connectivity index (χ2v) is 7.99. The fourth-order valence-electron chi connectivity index (χ4n) is 3.28. The Labute approximate surface area is 154 Å². The van der Waals surface area contributed by atoms with Crippen LogP contribution in [0.15, 0.2) is 0 Å². The molecule has 1 N–H and O–H groups in total. The Morgan fingerprint density at radius 1 is 1.20 bits per heavy atom. The molecule has 0 radical (unpaired) electrons. The predicted molar refractivity (Wildman–Crippen MR) is 94.4 cm³/mol. The van der Waals surface area contributed by atoms with Gasteiger partial charge in [0, 0.05) is 26.2 Å². The number of nitrogens with one attached hydrogen (secondary N) is 1. The molecule has 25 heavy (non-hydrogen) atoms. The van der Waals surface area contributed by atoms with Gasteiger partial charge < -0.3 is 15.0 Å². The second kappa shape index (κ2) is 8.25. The van der Waals surface area contributed by atoms with Gasteiger partial charge in [-0.15, -0.1) is 11.6 Å². The molecule has 0 aromatic heterocycles. The van der Waals surface area contributed by atoms with E-state index in [1.165, 1.54) is 4.90 Å². The molecule has 2 atom stereocenters. The van der Waals surface area contributed by atoms with E-state index in [1.54, 1.807) is 20.8 Å². The summed E-state index contributed by atoms with van der Waals surface area (Å²) in [6.45, 7) is 7.68. The maximum Gasteiger partial charge on any atom is 0.410 e. The molecule has 1 unspecified atom stereocenters. The molecule has 2 saturated heterocycles. The normalized spacial score (nSPS) is 23.7. The third-order valence-corrected chi connectivity index (χ3v) is 4.67. The second-order valence-electron chi connectivity index (χ2n) is 7.72. The van der Waals surface area contributed by atoms with Gasteiger partial charge in [0.15, 0.2) is 0 Å². The van der Waals surface area contributed by atoms with Gasteiger partial charge in [-0.1, -0.05) is 0 Å². The Balaban J connectivity index is 2.06. The summed E-state index contributed by atoms with van der Waals surface area (Å²) in [6, 6.07) is -0.522. The average Bonchev–Trinajstić information content (AvgIpc) is 3.19. The molecule has 0 aromatic carbocycles. The summed E-state index contributed by atoms with van der Waals surface area (Å²) >= 11 is 5.50. The summed E-state index contributed by atoms with van der Waals surface area (Å²) < 4.78 is 5.47. The molecule has 142 valence electrons. The monoisotopic (exact) mass is 373 g/mol. The molecule has 2 aliphatic rings. The molecule has 0 aliphatic carbocycles. The van der Waals surface area contributed by atoms with Crippen LogP contribution in [-0.2, 0) is 14.3 Å². The average molecular weight is 374 g/mol. The van der Waals surface area contributed by atoms with E-state index in [0.29, 0.717) is 19.5 Å². The molecule has 7 nitrogen and oxygen atoms in total. The largest absolute Gasteiger partial charge is 0.444 e. The summed E-state index contributed by atoms with van der Waals surface area (Å²) in [5, 5.41) is 2.74. The minimum absolute atomic E-state index is 0.0104. The van der Waals surface area contributed by atoms with Gasteiger partial charge in [0.25, 0.3) is 0 Å². The number of likely N-dealkylation sites (tertiary alicyclic amines) is 2. The highest BCUT2D eigenvalue weighted by atomic mass is 35.5. The zero-order valence-electron chi connectivity index (χ0n) is 15.2. The summed E-state index contributed by atoms with van der Waals surface area (Å²) in [4.78, 5) is 40.1. The van der Waals surface area contributed by atoms with Crippen LogP contribution in [0.2, 0.25) is 0 Å². The van der Waals surface area contributed by atoms with Crippen molar-refractivity contribution in [2.24, 2.45) is 5.92 Å². The van der Waals surface area contributed by atoms with Crippen molar-refractivity contribution in [2.75, 3.05) is 32.1 Å². The smallest absolute Gasteiger partial charge is 0.410 e. The van der Waals surface area contributed by atoms with Crippen LogP contribution in [0.4, 0.5) is 4.79 Å². The molecule has 0 saturated carbocycles. The van der Waals surface area contributed by atoms with Crippen LogP contribution in [0.3, 0.4) is 0 Å². The fraction of sp³-hybridized carbons (Fsp3) is 0.824. The summed E-state index contributed by atoms with van der Waals surface area (Å²) in [6.07, 6.45) is 2.05. The quantitative estimate of drug-likeness (QED) is 0.759. The Morgan fingerprint density at radius 2 is 1.84 bits per heavy atom. The van der Waals surface area contributed by atoms with Gasteiger partial charge >= 0.3 is 6.09 Å². The van der Waals surface area contributed by atoms with Crippen LogP contribution < -0.4 is 5.32 Å². The summed E-state index contributed by atoms with van der Waals surface area (Å²) in [5.41, 5.74) is -0.622. The first-order valence-corrected chi connectivity index (χ1v) is 9.36. The first-order valence-electron chi connectivity index (χ1n) is 8.82. The van der Waals surface area contributed by atoms with Crippen molar-refractivity contribution >= 4 is 29.5 Å². The van der Waals surface area contributed by atoms with Crippen LogP contribution >= 0.6 is 11.6 Å². The number of carbonyl (C=O) groups is 3. The maximum absolute atomic E-state index is 12.8. The Hall–Kier alpha value is -1.50. The molecule has 2 heterocycles. The Kier molecular flexibility index (Phi) is 6.54. The highest BCUT2D eigenvalue weighted by Crippen LogP contribution is 2.27. The SMILES string of the molecule is CC(C)(C)OC(=O)N1CC(CNC(=O)CCl)C[C@H]1C(=O)N1CCCC1. The van der Waals surface area contributed by atoms with Gasteiger partial charge in [-0.25, -0.2) is 4.79 Å². The minimum Gasteiger partial charge on any atom is -0.444 e. The van der Waals surface area contributed by atoms with Gasteiger partial charge in [-0.05, 0) is 46.0 Å². The fourth-order valence-corrected chi connectivity index (χ4v) is 3.38. The lowest BCUT2D eigenvalue weighted by Gasteiger charge is -2.30. The zero-order chi connectivity index (χ0) is 18.6. The number of halogens is 1. The number of ether oxygens (including phenoxy) is 1. The molecule has 2 aliphatic heterocycles. The van der Waals surface area contributed by atoms with Crippen molar-refractivity contribution in [3.05, 3.63) is 0 Å². The van der Waals surface area contributed by atoms with Crippen LogP contribution in [0.1, 0.15) is 40.0 Å². The van der Waals surface area contributed by atoms with Gasteiger partial charge in [-0.3, -0.25) is 14.5 Å². The van der Waals surface area contributed by atoms with Gasteiger partial charge in [0.05, 0.1) is 0 Å². The van der Waals surface area contributed by atoms with Crippen LogP contribution in [-0.4, -0.2) is 71.4 Å². The predicted octanol–water partition coefficient (Wildman–Crippen LogP) is 1.59. The topological polar surface area (TPSA) is 79.0 Å². The number of hydrogen-bond donors (Lipinski definition) is 1. The molecule has 2 fully saturated rings. The number of nitrogens with zero attached hydrogens (tertiary/aromatic N) is 2. The molecule has 0 spiro atoms. The highest BCUT2D eigenvalue weighted by Gasteiger charge is 2.43. The Morgan fingerprint density at radius 3 is 2.40 bits per heavy atom. The van der Waals surface area contributed by atoms with Crippen molar-refractivity contribution in [1.29, 1.82) is 0 Å². The number of hydrogen-bond acceptors (Lipinski definition) is 4. The number of amides is 3. The van der Waals surface area contributed by atoms with E-state index in [0.717, 1.165) is 25.9 Å². The van der Waals surface area contributed by atoms with Gasteiger partial charge in [-0.2, -0.15) is 0 Å². The van der Waals surface area contributed by atoms with E-state index in [9.17, 15) is 14.4 Å². The number of alkyl halides is 1. The minimum atomic E-state index is -0.622. The molecule has 2 rings (SSSR count).